The molecule has 5 heterocycles. The zero-order chi connectivity index (χ0) is 32.5. The lowest BCUT2D eigenvalue weighted by Crippen LogP contribution is -2.47. The van der Waals surface area contributed by atoms with Gasteiger partial charge in [-0.2, -0.15) is 0 Å². The van der Waals surface area contributed by atoms with E-state index in [-0.39, 0.29) is 18.3 Å². The molecule has 2 fully saturated rings. The van der Waals surface area contributed by atoms with Crippen LogP contribution in [0.3, 0.4) is 0 Å². The van der Waals surface area contributed by atoms with E-state index < -0.39 is 0 Å². The lowest BCUT2D eigenvalue weighted by molar-refractivity contribution is -0.122. The number of nitrogens with zero attached hydrogens (tertiary/aromatic N) is 5. The van der Waals surface area contributed by atoms with Gasteiger partial charge in [0.25, 0.3) is 11.5 Å². The number of ether oxygens (including phenoxy) is 4. The zero-order valence-electron chi connectivity index (χ0n) is 26.0. The predicted molar refractivity (Wildman–Crippen MR) is 185 cm³/mol. The van der Waals surface area contributed by atoms with Crippen LogP contribution in [0, 0.1) is 0 Å². The third-order valence-electron chi connectivity index (χ3n) is 8.48. The number of thioether (sulfide) groups is 1. The van der Waals surface area contributed by atoms with Gasteiger partial charge in [-0.1, -0.05) is 42.2 Å². The second-order valence-corrected chi connectivity index (χ2v) is 13.0. The largest absolute Gasteiger partial charge is 0.493 e. The summed E-state index contributed by atoms with van der Waals surface area (Å²) in [6.07, 6.45) is 3.93. The fourth-order valence-corrected chi connectivity index (χ4v) is 7.26. The van der Waals surface area contributed by atoms with Gasteiger partial charge in [0, 0.05) is 45.5 Å². The first-order chi connectivity index (χ1) is 22.9. The lowest BCUT2D eigenvalue weighted by Gasteiger charge is -2.36. The number of pyridine rings is 1. The average molecular weight is 672 g/mol. The van der Waals surface area contributed by atoms with Crippen LogP contribution < -0.4 is 29.4 Å². The molecule has 0 bridgehead atoms. The van der Waals surface area contributed by atoms with E-state index in [2.05, 4.69) is 15.9 Å². The first-order valence-electron chi connectivity index (χ1n) is 15.3. The van der Waals surface area contributed by atoms with Crippen LogP contribution in [-0.4, -0.2) is 83.1 Å². The lowest BCUT2D eigenvalue weighted by atomic mass is 10.1. The molecule has 0 atom stereocenters. The summed E-state index contributed by atoms with van der Waals surface area (Å²) >= 11 is 6.84. The highest BCUT2D eigenvalue weighted by atomic mass is 32.2. The summed E-state index contributed by atoms with van der Waals surface area (Å²) in [6.45, 7) is 4.33. The fourth-order valence-electron chi connectivity index (χ4n) is 5.97. The normalized spacial score (nSPS) is 17.3. The van der Waals surface area contributed by atoms with Crippen LogP contribution in [0.15, 0.2) is 70.5 Å². The molecule has 2 aromatic carbocycles. The molecule has 0 N–H and O–H groups in total. The number of aromatic nitrogens is 2. The number of amides is 1. The molecule has 0 radical (unpaired) electrons. The molecule has 0 unspecified atom stereocenters. The predicted octanol–water partition coefficient (Wildman–Crippen LogP) is 4.21. The highest BCUT2D eigenvalue weighted by Gasteiger charge is 2.33. The number of hydrogen-bond donors (Lipinski definition) is 0. The molecule has 2 saturated heterocycles. The van der Waals surface area contributed by atoms with E-state index in [0.717, 1.165) is 42.3 Å². The van der Waals surface area contributed by atoms with Crippen LogP contribution in [0.25, 0.3) is 11.7 Å². The number of methoxy groups -OCH3 is 2. The van der Waals surface area contributed by atoms with Crippen LogP contribution in [-0.2, 0) is 17.8 Å². The van der Waals surface area contributed by atoms with Crippen molar-refractivity contribution in [2.75, 3.05) is 58.6 Å². The van der Waals surface area contributed by atoms with Crippen LogP contribution in [0.2, 0.25) is 0 Å². The average Bonchev–Trinajstić information content (AvgIpc) is 3.67. The molecule has 0 aliphatic carbocycles. The Bertz CT molecular complexity index is 1960. The van der Waals surface area contributed by atoms with E-state index >= 15 is 0 Å². The summed E-state index contributed by atoms with van der Waals surface area (Å²) in [5.41, 5.74) is 2.83. The summed E-state index contributed by atoms with van der Waals surface area (Å²) in [6, 6.07) is 17.2. The summed E-state index contributed by atoms with van der Waals surface area (Å²) in [5, 5.41) is 0. The molecule has 7 rings (SSSR count). The van der Waals surface area contributed by atoms with Gasteiger partial charge in [0.05, 0.1) is 24.7 Å². The first kappa shape index (κ1) is 31.0. The topological polar surface area (TPSA) is 98.1 Å². The molecule has 13 heteroatoms. The van der Waals surface area contributed by atoms with E-state index in [0.29, 0.717) is 63.8 Å². The van der Waals surface area contributed by atoms with Crippen LogP contribution in [0.1, 0.15) is 16.7 Å². The maximum Gasteiger partial charge on any atom is 0.267 e. The van der Waals surface area contributed by atoms with Gasteiger partial charge in [-0.05, 0) is 60.0 Å². The maximum atomic E-state index is 13.9. The van der Waals surface area contributed by atoms with Crippen molar-refractivity contribution in [2.45, 2.75) is 13.0 Å². The Balaban J connectivity index is 1.11. The smallest absolute Gasteiger partial charge is 0.267 e. The highest BCUT2D eigenvalue weighted by Crippen LogP contribution is 2.35. The quantitative estimate of drug-likeness (QED) is 0.189. The van der Waals surface area contributed by atoms with Crippen LogP contribution in [0.5, 0.6) is 23.0 Å². The van der Waals surface area contributed by atoms with Crippen molar-refractivity contribution in [3.63, 3.8) is 0 Å². The third kappa shape index (κ3) is 6.25. The summed E-state index contributed by atoms with van der Waals surface area (Å²) < 4.78 is 23.7. The molecule has 3 aliphatic rings. The fraction of sp³-hybridized carbons (Fsp3) is 0.294. The standard InChI is InChI=1S/C34H33N5O6S2/c1-42-25-8-6-22(17-27(25)43-2)10-12-39-33(41)29(47-34(39)46)19-24-31(35-30-5-3-4-11-38(30)32(24)40)37-15-13-36(14-16-37)20-23-7-9-26-28(18-23)45-21-44-26/h3-9,11,17-19H,10,12-16,20-21H2,1-2H3. The first-order valence-corrected chi connectivity index (χ1v) is 16.5. The van der Waals surface area contributed by atoms with Gasteiger partial charge in [-0.3, -0.25) is 23.8 Å². The SMILES string of the molecule is COc1ccc(CCN2C(=O)C(=Cc3c(N4CCN(Cc5ccc6c(c5)OCO6)CC4)nc4ccccn4c3=O)SC2=S)cc1OC. The third-order valence-corrected chi connectivity index (χ3v) is 9.86. The van der Waals surface area contributed by atoms with Gasteiger partial charge in [-0.25, -0.2) is 4.98 Å². The van der Waals surface area contributed by atoms with Crippen molar-refractivity contribution in [1.82, 2.24) is 19.2 Å². The van der Waals surface area contributed by atoms with Crippen LogP contribution in [0.4, 0.5) is 5.82 Å². The zero-order valence-corrected chi connectivity index (χ0v) is 27.6. The Hall–Kier alpha value is -4.59. The second kappa shape index (κ2) is 13.3. The summed E-state index contributed by atoms with van der Waals surface area (Å²) in [7, 11) is 3.18. The molecule has 11 nitrogen and oxygen atoms in total. The van der Waals surface area contributed by atoms with Crippen molar-refractivity contribution in [3.05, 3.63) is 92.7 Å². The number of rotatable bonds is 9. The second-order valence-electron chi connectivity index (χ2n) is 11.3. The molecule has 2 aromatic heterocycles. The van der Waals surface area contributed by atoms with E-state index in [4.69, 9.17) is 36.1 Å². The number of thiocarbonyl (C=S) groups is 1. The molecule has 47 heavy (non-hydrogen) atoms. The number of carbonyl (C=O) groups is 1. The van der Waals surface area contributed by atoms with Gasteiger partial charge in [0.1, 0.15) is 15.8 Å². The van der Waals surface area contributed by atoms with E-state index in [1.807, 2.05) is 42.5 Å². The van der Waals surface area contributed by atoms with Crippen molar-refractivity contribution in [2.24, 2.45) is 0 Å². The number of carbonyl (C=O) groups excluding carboxylic acids is 1. The molecule has 4 aromatic rings. The molecule has 242 valence electrons. The van der Waals surface area contributed by atoms with Gasteiger partial charge in [0.2, 0.25) is 6.79 Å². The summed E-state index contributed by atoms with van der Waals surface area (Å²) in [4.78, 5) is 39.0. The van der Waals surface area contributed by atoms with Gasteiger partial charge in [0.15, 0.2) is 23.0 Å². The van der Waals surface area contributed by atoms with E-state index in [9.17, 15) is 9.59 Å². The minimum Gasteiger partial charge on any atom is -0.493 e. The number of hydrogen-bond acceptors (Lipinski definition) is 11. The molecule has 0 spiro atoms. The monoisotopic (exact) mass is 671 g/mol. The summed E-state index contributed by atoms with van der Waals surface area (Å²) in [5.74, 6) is 3.16. The minimum absolute atomic E-state index is 0.225. The highest BCUT2D eigenvalue weighted by molar-refractivity contribution is 8.26. The Morgan fingerprint density at radius 3 is 2.53 bits per heavy atom. The Labute approximate surface area is 281 Å². The molecule has 0 saturated carbocycles. The van der Waals surface area contributed by atoms with Crippen molar-refractivity contribution in [3.8, 4) is 23.0 Å². The Morgan fingerprint density at radius 1 is 0.936 bits per heavy atom. The Morgan fingerprint density at radius 2 is 1.72 bits per heavy atom. The Kier molecular flexibility index (Phi) is 8.76. The number of anilines is 1. The molecular formula is C34H33N5O6S2. The van der Waals surface area contributed by atoms with Crippen molar-refractivity contribution in [1.29, 1.82) is 0 Å². The maximum absolute atomic E-state index is 13.9. The van der Waals surface area contributed by atoms with E-state index in [1.165, 1.54) is 16.2 Å². The van der Waals surface area contributed by atoms with E-state index in [1.54, 1.807) is 37.5 Å². The molecule has 3 aliphatic heterocycles. The molecular weight excluding hydrogens is 639 g/mol. The van der Waals surface area contributed by atoms with Crippen molar-refractivity contribution < 1.29 is 23.7 Å². The van der Waals surface area contributed by atoms with Crippen LogP contribution >= 0.6 is 24.0 Å². The van der Waals surface area contributed by atoms with Crippen molar-refractivity contribution >= 4 is 51.7 Å². The van der Waals surface area contributed by atoms with Gasteiger partial charge < -0.3 is 23.8 Å². The molecule has 1 amide bonds. The minimum atomic E-state index is -0.232. The van der Waals surface area contributed by atoms with Gasteiger partial charge >= 0.3 is 0 Å². The van der Waals surface area contributed by atoms with Gasteiger partial charge in [-0.15, -0.1) is 0 Å². The number of piperazine rings is 1. The number of fused-ring (bicyclic) bond motifs is 2. The number of benzene rings is 2.